The zero-order valence-electron chi connectivity index (χ0n) is 18.6. The number of H-pyrrole nitrogens is 1. The van der Waals surface area contributed by atoms with Gasteiger partial charge in [-0.05, 0) is 43.3 Å². The fourth-order valence-corrected chi connectivity index (χ4v) is 3.60. The lowest BCUT2D eigenvalue weighted by Crippen LogP contribution is -2.29. The Morgan fingerprint density at radius 2 is 1.70 bits per heavy atom. The lowest BCUT2D eigenvalue weighted by Gasteiger charge is -2.16. The average Bonchev–Trinajstić information content (AvgIpc) is 3.29. The van der Waals surface area contributed by atoms with Crippen molar-refractivity contribution in [2.45, 2.75) is 13.3 Å². The molecular formula is C26H26N4O2S. The first kappa shape index (κ1) is 22.5. The van der Waals surface area contributed by atoms with Gasteiger partial charge in [-0.2, -0.15) is 0 Å². The molecule has 2 N–H and O–H groups in total. The van der Waals surface area contributed by atoms with Crippen molar-refractivity contribution >= 4 is 24.5 Å². The molecule has 2 amide bonds. The highest BCUT2D eigenvalue weighted by Gasteiger charge is 2.16. The largest absolute Gasteiger partial charge is 0.497 e. The monoisotopic (exact) mass is 458 g/mol. The van der Waals surface area contributed by atoms with E-state index in [4.69, 9.17) is 9.72 Å². The molecule has 7 heteroatoms. The average molecular weight is 459 g/mol. The third kappa shape index (κ3) is 5.56. The second-order valence-corrected chi connectivity index (χ2v) is 8.16. The number of anilines is 1. The number of aromatic amines is 1. The van der Waals surface area contributed by atoms with E-state index in [1.165, 1.54) is 4.31 Å². The normalized spacial score (nSPS) is 10.6. The molecule has 0 atom stereocenters. The SMILES string of the molecule is COc1ccc(-c2nc(-c3ccccc3)[nH]c2CCN(S)C(=O)Nc2ccc(C)cc2)cc1. The van der Waals surface area contributed by atoms with Gasteiger partial charge >= 0.3 is 6.03 Å². The fourth-order valence-electron chi connectivity index (χ4n) is 3.45. The van der Waals surface area contributed by atoms with Gasteiger partial charge in [0.2, 0.25) is 0 Å². The molecule has 1 aromatic heterocycles. The molecule has 168 valence electrons. The number of methoxy groups -OCH3 is 1. The number of rotatable bonds is 7. The summed E-state index contributed by atoms with van der Waals surface area (Å²) in [4.78, 5) is 20.9. The Labute approximate surface area is 199 Å². The number of hydrogen-bond donors (Lipinski definition) is 3. The summed E-state index contributed by atoms with van der Waals surface area (Å²) >= 11 is 4.40. The third-order valence-electron chi connectivity index (χ3n) is 5.30. The van der Waals surface area contributed by atoms with E-state index >= 15 is 0 Å². The molecule has 0 saturated heterocycles. The van der Waals surface area contributed by atoms with Gasteiger partial charge in [-0.3, -0.25) is 4.31 Å². The van der Waals surface area contributed by atoms with Crippen LogP contribution in [0, 0.1) is 6.92 Å². The number of imidazole rings is 1. The number of aromatic nitrogens is 2. The van der Waals surface area contributed by atoms with Crippen LogP contribution in [0.15, 0.2) is 78.9 Å². The topological polar surface area (TPSA) is 70.2 Å². The van der Waals surface area contributed by atoms with Gasteiger partial charge < -0.3 is 15.0 Å². The maximum absolute atomic E-state index is 12.6. The predicted molar refractivity (Wildman–Crippen MR) is 136 cm³/mol. The third-order valence-corrected chi connectivity index (χ3v) is 5.68. The number of carbonyl (C=O) groups is 1. The van der Waals surface area contributed by atoms with Crippen molar-refractivity contribution in [1.29, 1.82) is 0 Å². The Balaban J connectivity index is 1.53. The summed E-state index contributed by atoms with van der Waals surface area (Å²) in [5, 5.41) is 2.87. The number of thiol groups is 1. The van der Waals surface area contributed by atoms with Crippen LogP contribution in [0.25, 0.3) is 22.6 Å². The minimum absolute atomic E-state index is 0.281. The molecule has 3 aromatic carbocycles. The lowest BCUT2D eigenvalue weighted by molar-refractivity contribution is 0.239. The van der Waals surface area contributed by atoms with Gasteiger partial charge in [-0.15, -0.1) is 0 Å². The van der Waals surface area contributed by atoms with Gasteiger partial charge in [0.15, 0.2) is 0 Å². The molecule has 33 heavy (non-hydrogen) atoms. The molecular weight excluding hydrogens is 432 g/mol. The molecule has 0 radical (unpaired) electrons. The highest BCUT2D eigenvalue weighted by atomic mass is 32.1. The summed E-state index contributed by atoms with van der Waals surface area (Å²) in [6.07, 6.45) is 0.562. The summed E-state index contributed by atoms with van der Waals surface area (Å²) in [6, 6.07) is 25.1. The minimum atomic E-state index is -0.281. The van der Waals surface area contributed by atoms with E-state index in [0.29, 0.717) is 13.0 Å². The van der Waals surface area contributed by atoms with E-state index in [2.05, 4.69) is 23.1 Å². The summed E-state index contributed by atoms with van der Waals surface area (Å²) in [5.41, 5.74) is 5.61. The van der Waals surface area contributed by atoms with Crippen molar-refractivity contribution in [3.63, 3.8) is 0 Å². The Bertz CT molecular complexity index is 1210. The number of nitrogens with one attached hydrogen (secondary N) is 2. The number of hydrogen-bond acceptors (Lipinski definition) is 4. The number of benzene rings is 3. The van der Waals surface area contributed by atoms with Gasteiger partial charge in [0.05, 0.1) is 12.8 Å². The highest BCUT2D eigenvalue weighted by molar-refractivity contribution is 7.78. The summed E-state index contributed by atoms with van der Waals surface area (Å²) < 4.78 is 6.66. The van der Waals surface area contributed by atoms with Crippen LogP contribution in [0.1, 0.15) is 11.3 Å². The number of urea groups is 1. The minimum Gasteiger partial charge on any atom is -0.497 e. The molecule has 0 aliphatic rings. The summed E-state index contributed by atoms with van der Waals surface area (Å²) in [5.74, 6) is 1.57. The second kappa shape index (κ2) is 10.3. The number of carbonyl (C=O) groups excluding carboxylic acids is 1. The van der Waals surface area contributed by atoms with Crippen molar-refractivity contribution in [2.75, 3.05) is 19.0 Å². The van der Waals surface area contributed by atoms with Crippen molar-refractivity contribution in [1.82, 2.24) is 14.3 Å². The van der Waals surface area contributed by atoms with E-state index in [9.17, 15) is 4.79 Å². The van der Waals surface area contributed by atoms with Crippen LogP contribution in [-0.2, 0) is 6.42 Å². The molecule has 4 aromatic rings. The number of ether oxygens (including phenoxy) is 1. The van der Waals surface area contributed by atoms with E-state index in [1.807, 2.05) is 85.8 Å². The molecule has 0 unspecified atom stereocenters. The van der Waals surface area contributed by atoms with Gasteiger partial charge in [0, 0.05) is 35.5 Å². The molecule has 0 bridgehead atoms. The van der Waals surface area contributed by atoms with Gasteiger partial charge in [0.25, 0.3) is 0 Å². The molecule has 0 aliphatic heterocycles. The lowest BCUT2D eigenvalue weighted by atomic mass is 10.1. The van der Waals surface area contributed by atoms with E-state index < -0.39 is 0 Å². The second-order valence-electron chi connectivity index (χ2n) is 7.68. The Kier molecular flexibility index (Phi) is 7.00. The molecule has 0 aliphatic carbocycles. The van der Waals surface area contributed by atoms with Crippen LogP contribution >= 0.6 is 12.8 Å². The molecule has 4 rings (SSSR count). The first-order valence-corrected chi connectivity index (χ1v) is 11.1. The van der Waals surface area contributed by atoms with Crippen LogP contribution < -0.4 is 10.1 Å². The number of amides is 2. The summed E-state index contributed by atoms with van der Waals surface area (Å²) in [6.45, 7) is 2.41. The van der Waals surface area contributed by atoms with Gasteiger partial charge in [-0.1, -0.05) is 60.8 Å². The molecule has 6 nitrogen and oxygen atoms in total. The Morgan fingerprint density at radius 1 is 1.00 bits per heavy atom. The van der Waals surface area contributed by atoms with Crippen LogP contribution in [0.5, 0.6) is 5.75 Å². The van der Waals surface area contributed by atoms with Crippen LogP contribution in [0.2, 0.25) is 0 Å². The standard InChI is InChI=1S/C26H26N4O2S/c1-18-8-12-21(13-9-18)27-26(31)30(33)17-16-23-24(19-10-14-22(32-2)15-11-19)29-25(28-23)20-6-4-3-5-7-20/h3-15,33H,16-17H2,1-2H3,(H,27,31)(H,28,29). The highest BCUT2D eigenvalue weighted by Crippen LogP contribution is 2.28. The van der Waals surface area contributed by atoms with E-state index in [-0.39, 0.29) is 6.03 Å². The number of aryl methyl sites for hydroxylation is 1. The van der Waals surface area contributed by atoms with Gasteiger partial charge in [-0.25, -0.2) is 9.78 Å². The Morgan fingerprint density at radius 3 is 2.36 bits per heavy atom. The van der Waals surface area contributed by atoms with Crippen LogP contribution in [-0.4, -0.2) is 34.0 Å². The van der Waals surface area contributed by atoms with Crippen LogP contribution in [0.4, 0.5) is 10.5 Å². The predicted octanol–water partition coefficient (Wildman–Crippen LogP) is 5.98. The zero-order valence-corrected chi connectivity index (χ0v) is 19.5. The zero-order chi connectivity index (χ0) is 23.2. The maximum Gasteiger partial charge on any atom is 0.331 e. The first-order valence-electron chi connectivity index (χ1n) is 10.7. The van der Waals surface area contributed by atoms with E-state index in [1.54, 1.807) is 7.11 Å². The van der Waals surface area contributed by atoms with Gasteiger partial charge in [0.1, 0.15) is 11.6 Å². The molecule has 0 fully saturated rings. The van der Waals surface area contributed by atoms with Crippen molar-refractivity contribution in [3.8, 4) is 28.4 Å². The van der Waals surface area contributed by atoms with Crippen LogP contribution in [0.3, 0.4) is 0 Å². The fraction of sp³-hybridized carbons (Fsp3) is 0.154. The molecule has 1 heterocycles. The molecule has 0 spiro atoms. The Hall–Kier alpha value is -3.71. The van der Waals surface area contributed by atoms with Crippen molar-refractivity contribution in [2.24, 2.45) is 0 Å². The smallest absolute Gasteiger partial charge is 0.331 e. The van der Waals surface area contributed by atoms with Crippen molar-refractivity contribution in [3.05, 3.63) is 90.1 Å². The van der Waals surface area contributed by atoms with E-state index in [0.717, 1.165) is 45.3 Å². The number of nitrogens with zero attached hydrogens (tertiary/aromatic N) is 2. The van der Waals surface area contributed by atoms with Crippen molar-refractivity contribution < 1.29 is 9.53 Å². The first-order chi connectivity index (χ1) is 16.0. The summed E-state index contributed by atoms with van der Waals surface area (Å²) in [7, 11) is 1.64. The molecule has 0 saturated carbocycles. The maximum atomic E-state index is 12.6. The quantitative estimate of drug-likeness (QED) is 0.298.